The van der Waals surface area contributed by atoms with Crippen LogP contribution in [0.4, 0.5) is 0 Å². The minimum Gasteiger partial charge on any atom is -0.454 e. The van der Waals surface area contributed by atoms with Crippen LogP contribution >= 0.6 is 0 Å². The zero-order chi connectivity index (χ0) is 13.9. The number of nitrogens with one attached hydrogen (secondary N) is 1. The zero-order valence-electron chi connectivity index (χ0n) is 11.9. The molecule has 0 fully saturated rings. The molecule has 19 heavy (non-hydrogen) atoms. The fraction of sp³-hybridized carbons (Fsp3) is 0.600. The third kappa shape index (κ3) is 4.11. The molecule has 106 valence electrons. The van der Waals surface area contributed by atoms with Gasteiger partial charge in [-0.1, -0.05) is 26.8 Å². The maximum atomic E-state index is 10.1. The number of benzene rings is 1. The summed E-state index contributed by atoms with van der Waals surface area (Å²) in [6, 6.07) is 5.57. The highest BCUT2D eigenvalue weighted by molar-refractivity contribution is 5.45. The second kappa shape index (κ2) is 5.80. The van der Waals surface area contributed by atoms with Gasteiger partial charge in [0.05, 0.1) is 6.10 Å². The second-order valence-corrected chi connectivity index (χ2v) is 6.14. The Morgan fingerprint density at radius 3 is 2.74 bits per heavy atom. The molecule has 1 atom stereocenters. The second-order valence-electron chi connectivity index (χ2n) is 6.14. The van der Waals surface area contributed by atoms with Gasteiger partial charge >= 0.3 is 0 Å². The van der Waals surface area contributed by atoms with E-state index >= 15 is 0 Å². The fourth-order valence-corrected chi connectivity index (χ4v) is 1.94. The normalized spacial score (nSPS) is 15.6. The predicted octanol–water partition coefficient (Wildman–Crippen LogP) is 2.47. The van der Waals surface area contributed by atoms with E-state index in [1.807, 2.05) is 18.2 Å². The lowest BCUT2D eigenvalue weighted by molar-refractivity contribution is 0.169. The summed E-state index contributed by atoms with van der Waals surface area (Å²) in [4.78, 5) is 0. The van der Waals surface area contributed by atoms with Gasteiger partial charge in [0.2, 0.25) is 6.79 Å². The van der Waals surface area contributed by atoms with Gasteiger partial charge in [0, 0.05) is 6.54 Å². The Hall–Kier alpha value is -1.26. The van der Waals surface area contributed by atoms with E-state index in [1.54, 1.807) is 0 Å². The molecular formula is C15H23NO3. The molecule has 1 aromatic carbocycles. The summed E-state index contributed by atoms with van der Waals surface area (Å²) in [5.74, 6) is 1.46. The van der Waals surface area contributed by atoms with Crippen molar-refractivity contribution in [3.8, 4) is 11.5 Å². The molecule has 4 heteroatoms. The summed E-state index contributed by atoms with van der Waals surface area (Å²) in [6.07, 6.45) is 0.565. The quantitative estimate of drug-likeness (QED) is 0.803. The Morgan fingerprint density at radius 2 is 2.00 bits per heavy atom. The maximum absolute atomic E-state index is 10.1. The third-order valence-electron chi connectivity index (χ3n) is 3.17. The highest BCUT2D eigenvalue weighted by atomic mass is 16.7. The van der Waals surface area contributed by atoms with Crippen LogP contribution in [0.15, 0.2) is 18.2 Å². The van der Waals surface area contributed by atoms with Crippen LogP contribution in [-0.4, -0.2) is 25.0 Å². The van der Waals surface area contributed by atoms with Crippen LogP contribution in [0.3, 0.4) is 0 Å². The van der Waals surface area contributed by atoms with Gasteiger partial charge in [0.25, 0.3) is 0 Å². The first-order valence-electron chi connectivity index (χ1n) is 6.74. The Balaban J connectivity index is 1.81. The summed E-state index contributed by atoms with van der Waals surface area (Å²) < 4.78 is 10.6. The Bertz CT molecular complexity index is 426. The molecule has 2 rings (SSSR count). The minimum absolute atomic E-state index is 0.263. The number of hydrogen-bond acceptors (Lipinski definition) is 4. The Morgan fingerprint density at radius 1 is 1.26 bits per heavy atom. The van der Waals surface area contributed by atoms with E-state index in [1.165, 1.54) is 0 Å². The van der Waals surface area contributed by atoms with Gasteiger partial charge in [-0.25, -0.2) is 0 Å². The first-order chi connectivity index (χ1) is 8.96. The van der Waals surface area contributed by atoms with Crippen molar-refractivity contribution in [2.45, 2.75) is 33.3 Å². The minimum atomic E-state index is -0.519. The van der Waals surface area contributed by atoms with Crippen molar-refractivity contribution in [3.63, 3.8) is 0 Å². The summed E-state index contributed by atoms with van der Waals surface area (Å²) in [6.45, 7) is 8.36. The van der Waals surface area contributed by atoms with Gasteiger partial charge in [-0.15, -0.1) is 0 Å². The molecule has 0 aliphatic carbocycles. The van der Waals surface area contributed by atoms with E-state index in [9.17, 15) is 5.11 Å². The van der Waals surface area contributed by atoms with Crippen molar-refractivity contribution in [2.24, 2.45) is 5.41 Å². The molecule has 1 unspecified atom stereocenters. The molecule has 0 spiro atoms. The molecule has 0 saturated carbocycles. The summed E-state index contributed by atoms with van der Waals surface area (Å²) in [5, 5.41) is 13.4. The molecule has 0 saturated heterocycles. The molecule has 1 aliphatic heterocycles. The average molecular weight is 265 g/mol. The Kier molecular flexibility index (Phi) is 4.32. The van der Waals surface area contributed by atoms with E-state index in [0.717, 1.165) is 24.3 Å². The monoisotopic (exact) mass is 265 g/mol. The highest BCUT2D eigenvalue weighted by Gasteiger charge is 2.16. The summed E-state index contributed by atoms with van der Waals surface area (Å²) in [5.41, 5.74) is 1.17. The van der Waals surface area contributed by atoms with Gasteiger partial charge < -0.3 is 19.9 Å². The molecule has 1 heterocycles. The van der Waals surface area contributed by atoms with Gasteiger partial charge in [0.1, 0.15) is 0 Å². The smallest absolute Gasteiger partial charge is 0.231 e. The van der Waals surface area contributed by atoms with Gasteiger partial charge in [0.15, 0.2) is 11.5 Å². The topological polar surface area (TPSA) is 50.7 Å². The molecule has 1 aliphatic rings. The SMILES string of the molecule is CC(C)(C)CCNCC(O)c1ccc2c(c1)OCO2. The first kappa shape index (κ1) is 14.2. The number of fused-ring (bicyclic) bond motifs is 1. The molecule has 0 amide bonds. The molecule has 0 aromatic heterocycles. The van der Waals surface area contributed by atoms with Crippen LogP contribution in [0.2, 0.25) is 0 Å². The zero-order valence-corrected chi connectivity index (χ0v) is 11.9. The lowest BCUT2D eigenvalue weighted by Crippen LogP contribution is -2.25. The lowest BCUT2D eigenvalue weighted by atomic mass is 9.92. The van der Waals surface area contributed by atoms with E-state index in [0.29, 0.717) is 17.7 Å². The van der Waals surface area contributed by atoms with E-state index in [2.05, 4.69) is 26.1 Å². The van der Waals surface area contributed by atoms with Crippen LogP contribution in [0, 0.1) is 5.41 Å². The number of hydrogen-bond donors (Lipinski definition) is 2. The van der Waals surface area contributed by atoms with Gasteiger partial charge in [-0.05, 0) is 36.1 Å². The van der Waals surface area contributed by atoms with E-state index in [-0.39, 0.29) is 6.79 Å². The molecule has 0 bridgehead atoms. The average Bonchev–Trinajstić information content (AvgIpc) is 2.80. The van der Waals surface area contributed by atoms with E-state index in [4.69, 9.17) is 9.47 Å². The van der Waals surface area contributed by atoms with Crippen molar-refractivity contribution in [3.05, 3.63) is 23.8 Å². The predicted molar refractivity (Wildman–Crippen MR) is 74.5 cm³/mol. The van der Waals surface area contributed by atoms with Crippen LogP contribution < -0.4 is 14.8 Å². The van der Waals surface area contributed by atoms with E-state index < -0.39 is 6.10 Å². The van der Waals surface area contributed by atoms with Gasteiger partial charge in [-0.3, -0.25) is 0 Å². The standard InChI is InChI=1S/C15H23NO3/c1-15(2,3)6-7-16-9-12(17)11-4-5-13-14(8-11)19-10-18-13/h4-5,8,12,16-17H,6-7,9-10H2,1-3H3. The molecular weight excluding hydrogens is 242 g/mol. The maximum Gasteiger partial charge on any atom is 0.231 e. The molecule has 0 radical (unpaired) electrons. The fourth-order valence-electron chi connectivity index (χ4n) is 1.94. The molecule has 2 N–H and O–H groups in total. The third-order valence-corrected chi connectivity index (χ3v) is 3.17. The van der Waals surface area contributed by atoms with Crippen LogP contribution in [0.25, 0.3) is 0 Å². The van der Waals surface area contributed by atoms with Crippen LogP contribution in [0.1, 0.15) is 38.9 Å². The largest absolute Gasteiger partial charge is 0.454 e. The van der Waals surface area contributed by atoms with Crippen molar-refractivity contribution < 1.29 is 14.6 Å². The lowest BCUT2D eigenvalue weighted by Gasteiger charge is -2.19. The summed E-state index contributed by atoms with van der Waals surface area (Å²) >= 11 is 0. The Labute approximate surface area is 114 Å². The van der Waals surface area contributed by atoms with Crippen LogP contribution in [-0.2, 0) is 0 Å². The number of ether oxygens (including phenoxy) is 2. The van der Waals surface area contributed by atoms with Crippen molar-refractivity contribution in [2.75, 3.05) is 19.9 Å². The first-order valence-corrected chi connectivity index (χ1v) is 6.74. The van der Waals surface area contributed by atoms with Crippen molar-refractivity contribution in [1.29, 1.82) is 0 Å². The van der Waals surface area contributed by atoms with Crippen molar-refractivity contribution >= 4 is 0 Å². The molecule has 1 aromatic rings. The van der Waals surface area contributed by atoms with Crippen molar-refractivity contribution in [1.82, 2.24) is 5.32 Å². The summed E-state index contributed by atoms with van der Waals surface area (Å²) in [7, 11) is 0. The van der Waals surface area contributed by atoms with Gasteiger partial charge in [-0.2, -0.15) is 0 Å². The molecule has 4 nitrogen and oxygen atoms in total. The number of aliphatic hydroxyl groups excluding tert-OH is 1. The van der Waals surface area contributed by atoms with Crippen LogP contribution in [0.5, 0.6) is 11.5 Å². The number of rotatable bonds is 5. The highest BCUT2D eigenvalue weighted by Crippen LogP contribution is 2.34. The number of aliphatic hydroxyl groups is 1.